The van der Waals surface area contributed by atoms with E-state index >= 15 is 0 Å². The summed E-state index contributed by atoms with van der Waals surface area (Å²) in [6.07, 6.45) is 2.88. The number of ether oxygens (including phenoxy) is 1. The molecule has 0 spiro atoms. The second kappa shape index (κ2) is 8.94. The number of fused-ring (bicyclic) bond motifs is 5. The van der Waals surface area contributed by atoms with E-state index < -0.39 is 19.3 Å². The number of carbonyl (C=O) groups excluding carboxylic acids is 1. The number of carbonyl (C=O) groups is 1. The van der Waals surface area contributed by atoms with Crippen molar-refractivity contribution in [2.75, 3.05) is 13.1 Å². The predicted molar refractivity (Wildman–Crippen MR) is 135 cm³/mol. The van der Waals surface area contributed by atoms with Gasteiger partial charge in [-0.3, -0.25) is 9.32 Å². The van der Waals surface area contributed by atoms with E-state index in [0.717, 1.165) is 21.1 Å². The second-order valence-corrected chi connectivity index (χ2v) is 10.5. The van der Waals surface area contributed by atoms with Crippen molar-refractivity contribution in [3.05, 3.63) is 88.8 Å². The lowest BCUT2D eigenvalue weighted by Crippen LogP contribution is -2.46. The number of cyclic esters (lactones) is 1. The number of hydrogen-bond donors (Lipinski definition) is 1. The van der Waals surface area contributed by atoms with Crippen molar-refractivity contribution >= 4 is 24.6 Å². The smallest absolute Gasteiger partial charge is 0.407 e. The van der Waals surface area contributed by atoms with E-state index in [9.17, 15) is 19.0 Å². The third kappa shape index (κ3) is 3.67. The Morgan fingerprint density at radius 2 is 1.97 bits per heavy atom. The quantitative estimate of drug-likeness (QED) is 0.217. The molecule has 0 radical (unpaired) electrons. The first-order chi connectivity index (χ1) is 17.3. The zero-order valence-electron chi connectivity index (χ0n) is 19.8. The molecule has 2 aromatic heterocycles. The van der Waals surface area contributed by atoms with E-state index in [4.69, 9.17) is 14.2 Å². The summed E-state index contributed by atoms with van der Waals surface area (Å²) in [7, 11) is -4.55. The van der Waals surface area contributed by atoms with Crippen LogP contribution in [-0.2, 0) is 37.4 Å². The maximum Gasteiger partial charge on any atom is 0.407 e. The second-order valence-electron chi connectivity index (χ2n) is 8.79. The molecule has 5 rings (SSSR count). The molecule has 0 bridgehead atoms. The number of aromatic nitrogens is 2. The minimum atomic E-state index is -4.55. The van der Waals surface area contributed by atoms with Gasteiger partial charge in [0, 0.05) is 29.6 Å². The molecule has 186 valence electrons. The van der Waals surface area contributed by atoms with Gasteiger partial charge in [0.2, 0.25) is 5.60 Å². The SMILES string of the molecule is C=CCN(CC=C)P(=O)(O)O[C@]1(CC)C(=O)OCc2c1cc1n(c2=O)Cc2cc3ccccc3nc2-1. The molecule has 4 heterocycles. The molecular weight excluding hydrogens is 481 g/mol. The molecule has 1 unspecified atom stereocenters. The maximum atomic E-state index is 13.6. The van der Waals surface area contributed by atoms with E-state index in [-0.39, 0.29) is 42.8 Å². The van der Waals surface area contributed by atoms with Crippen LogP contribution in [0.1, 0.15) is 30.0 Å². The highest BCUT2D eigenvalue weighted by Crippen LogP contribution is 2.55. The molecule has 2 aliphatic rings. The summed E-state index contributed by atoms with van der Waals surface area (Å²) in [6, 6.07) is 11.3. The van der Waals surface area contributed by atoms with Crippen LogP contribution < -0.4 is 5.56 Å². The highest BCUT2D eigenvalue weighted by atomic mass is 31.2. The van der Waals surface area contributed by atoms with Crippen LogP contribution >= 0.6 is 7.75 Å². The van der Waals surface area contributed by atoms with Gasteiger partial charge in [-0.1, -0.05) is 37.3 Å². The molecule has 0 fully saturated rings. The van der Waals surface area contributed by atoms with Crippen LogP contribution in [-0.4, -0.2) is 38.2 Å². The molecule has 2 aliphatic heterocycles. The molecule has 9 nitrogen and oxygen atoms in total. The first-order valence-corrected chi connectivity index (χ1v) is 13.1. The number of hydrogen-bond acceptors (Lipinski definition) is 6. The Hall–Kier alpha value is -3.36. The number of nitrogens with zero attached hydrogens (tertiary/aromatic N) is 3. The summed E-state index contributed by atoms with van der Waals surface area (Å²) in [5.74, 6) is -0.821. The first kappa shape index (κ1) is 24.3. The fourth-order valence-electron chi connectivity index (χ4n) is 4.90. The topological polar surface area (TPSA) is 111 Å². The van der Waals surface area contributed by atoms with Crippen molar-refractivity contribution < 1.29 is 23.5 Å². The van der Waals surface area contributed by atoms with Gasteiger partial charge in [-0.2, -0.15) is 0 Å². The number of para-hydroxylation sites is 1. The molecule has 2 atom stereocenters. The van der Waals surface area contributed by atoms with Crippen molar-refractivity contribution in [3.63, 3.8) is 0 Å². The van der Waals surface area contributed by atoms with E-state index in [1.807, 2.05) is 30.3 Å². The summed E-state index contributed by atoms with van der Waals surface area (Å²) in [6.45, 7) is 9.02. The van der Waals surface area contributed by atoms with Crippen LogP contribution in [0.2, 0.25) is 0 Å². The van der Waals surface area contributed by atoms with Crippen LogP contribution in [0.5, 0.6) is 0 Å². The van der Waals surface area contributed by atoms with Crippen molar-refractivity contribution in [1.82, 2.24) is 14.2 Å². The first-order valence-electron chi connectivity index (χ1n) is 11.6. The van der Waals surface area contributed by atoms with Crippen LogP contribution in [0, 0.1) is 0 Å². The van der Waals surface area contributed by atoms with Crippen molar-refractivity contribution in [3.8, 4) is 11.4 Å². The highest BCUT2D eigenvalue weighted by molar-refractivity contribution is 7.50. The summed E-state index contributed by atoms with van der Waals surface area (Å²) < 4.78 is 27.3. The van der Waals surface area contributed by atoms with E-state index in [1.54, 1.807) is 17.6 Å². The Kier molecular flexibility index (Phi) is 6.04. The van der Waals surface area contributed by atoms with Crippen molar-refractivity contribution in [1.29, 1.82) is 0 Å². The predicted octanol–water partition coefficient (Wildman–Crippen LogP) is 3.88. The van der Waals surface area contributed by atoms with Gasteiger partial charge in [0.25, 0.3) is 5.56 Å². The van der Waals surface area contributed by atoms with Gasteiger partial charge in [0.05, 0.1) is 29.0 Å². The fourth-order valence-corrected chi connectivity index (χ4v) is 6.37. The lowest BCUT2D eigenvalue weighted by Gasteiger charge is -2.38. The molecule has 0 saturated carbocycles. The van der Waals surface area contributed by atoms with Gasteiger partial charge in [-0.25, -0.2) is 19.0 Å². The standard InChI is InChI=1S/C26H26N3O6P/c1-4-11-28(12-5-2)36(32,33)35-26(6-3)20-14-22-23-18(13-17-9-7-8-10-21(17)27-23)15-29(22)24(30)19(20)16-34-25(26)31/h4-5,7-10,13-14H,1-2,6,11-12,15-16H2,3H3,(H,32,33)/t26-/m0/s1. The lowest BCUT2D eigenvalue weighted by atomic mass is 9.86. The third-order valence-corrected chi connectivity index (χ3v) is 8.29. The van der Waals surface area contributed by atoms with Gasteiger partial charge in [-0.15, -0.1) is 13.2 Å². The minimum Gasteiger partial charge on any atom is -0.458 e. The third-order valence-electron chi connectivity index (χ3n) is 6.70. The Morgan fingerprint density at radius 1 is 1.25 bits per heavy atom. The average molecular weight is 507 g/mol. The molecular formula is C26H26N3O6P. The monoisotopic (exact) mass is 507 g/mol. The number of benzene rings is 1. The highest BCUT2D eigenvalue weighted by Gasteiger charge is 2.53. The molecule has 1 N–H and O–H groups in total. The van der Waals surface area contributed by atoms with Gasteiger partial charge in [0.1, 0.15) is 6.61 Å². The van der Waals surface area contributed by atoms with Gasteiger partial charge < -0.3 is 14.2 Å². The Morgan fingerprint density at radius 3 is 2.67 bits per heavy atom. The fraction of sp³-hybridized carbons (Fsp3) is 0.269. The molecule has 3 aromatic rings. The zero-order valence-corrected chi connectivity index (χ0v) is 20.7. The van der Waals surface area contributed by atoms with E-state index in [2.05, 4.69) is 13.2 Å². The lowest BCUT2D eigenvalue weighted by molar-refractivity contribution is -0.170. The summed E-state index contributed by atoms with van der Waals surface area (Å²) >= 11 is 0. The molecule has 0 saturated heterocycles. The minimum absolute atomic E-state index is 0.0265. The van der Waals surface area contributed by atoms with E-state index in [1.165, 1.54) is 12.2 Å². The van der Waals surface area contributed by atoms with Crippen molar-refractivity contribution in [2.45, 2.75) is 32.1 Å². The van der Waals surface area contributed by atoms with Crippen LogP contribution in [0.25, 0.3) is 22.3 Å². The van der Waals surface area contributed by atoms with Gasteiger partial charge in [0.15, 0.2) is 0 Å². The van der Waals surface area contributed by atoms with Crippen LogP contribution in [0.15, 0.2) is 66.5 Å². The molecule has 0 aliphatic carbocycles. The molecule has 36 heavy (non-hydrogen) atoms. The molecule has 1 aromatic carbocycles. The number of pyridine rings is 2. The zero-order chi connectivity index (χ0) is 25.7. The Labute approximate surface area is 207 Å². The summed E-state index contributed by atoms with van der Waals surface area (Å²) in [5, 5.41) is 0.956. The van der Waals surface area contributed by atoms with Gasteiger partial charge >= 0.3 is 13.7 Å². The maximum absolute atomic E-state index is 13.6. The number of rotatable bonds is 8. The largest absolute Gasteiger partial charge is 0.458 e. The Bertz CT molecular complexity index is 1520. The van der Waals surface area contributed by atoms with E-state index in [0.29, 0.717) is 17.9 Å². The normalized spacial score (nSPS) is 19.8. The number of esters is 1. The summed E-state index contributed by atoms with van der Waals surface area (Å²) in [4.78, 5) is 42.5. The molecule has 0 amide bonds. The van der Waals surface area contributed by atoms with Crippen LogP contribution in [0.4, 0.5) is 0 Å². The average Bonchev–Trinajstić information content (AvgIpc) is 3.22. The summed E-state index contributed by atoms with van der Waals surface area (Å²) in [5.41, 5.74) is 0.953. The molecule has 10 heteroatoms. The van der Waals surface area contributed by atoms with Gasteiger partial charge in [-0.05, 0) is 24.6 Å². The van der Waals surface area contributed by atoms with Crippen molar-refractivity contribution in [2.24, 2.45) is 0 Å². The Balaban J connectivity index is 1.69. The van der Waals surface area contributed by atoms with Crippen LogP contribution in [0.3, 0.4) is 0 Å².